The molecule has 2 aromatic rings. The molecule has 128 valence electrons. The summed E-state index contributed by atoms with van der Waals surface area (Å²) in [4.78, 5) is 2.24. The molecule has 0 aliphatic carbocycles. The van der Waals surface area contributed by atoms with E-state index >= 15 is 0 Å². The summed E-state index contributed by atoms with van der Waals surface area (Å²) in [5.74, 6) is -1.21. The Hall–Kier alpha value is -1.78. The zero-order valence-electron chi connectivity index (χ0n) is 14.0. The lowest BCUT2D eigenvalue weighted by atomic mass is 9.87. The third kappa shape index (κ3) is 4.00. The zero-order chi connectivity index (χ0) is 17.1. The van der Waals surface area contributed by atoms with Crippen LogP contribution in [0.1, 0.15) is 36.0 Å². The van der Waals surface area contributed by atoms with Crippen LogP contribution in [0.2, 0.25) is 0 Å². The lowest BCUT2D eigenvalue weighted by Gasteiger charge is -2.36. The van der Waals surface area contributed by atoms with Gasteiger partial charge in [-0.3, -0.25) is 4.90 Å². The van der Waals surface area contributed by atoms with E-state index in [1.54, 1.807) is 6.07 Å². The number of aryl methyl sites for hydroxylation is 1. The molecule has 0 radical (unpaired) electrons. The average Bonchev–Trinajstić information content (AvgIpc) is 2.58. The van der Waals surface area contributed by atoms with Crippen LogP contribution < -0.4 is 5.73 Å². The normalized spacial score (nSPS) is 21.8. The Balaban J connectivity index is 1.71. The van der Waals surface area contributed by atoms with Gasteiger partial charge >= 0.3 is 0 Å². The Bertz CT molecular complexity index is 685. The summed E-state index contributed by atoms with van der Waals surface area (Å²) in [5.41, 5.74) is 9.66. The molecule has 1 fully saturated rings. The first kappa shape index (κ1) is 17.1. The van der Waals surface area contributed by atoms with E-state index in [0.29, 0.717) is 12.5 Å². The van der Waals surface area contributed by atoms with Gasteiger partial charge in [0, 0.05) is 25.7 Å². The van der Waals surface area contributed by atoms with Gasteiger partial charge in [0.25, 0.3) is 0 Å². The molecule has 2 N–H and O–H groups in total. The monoisotopic (exact) mass is 330 g/mol. The van der Waals surface area contributed by atoms with Gasteiger partial charge < -0.3 is 5.73 Å². The van der Waals surface area contributed by atoms with Crippen molar-refractivity contribution in [1.29, 1.82) is 0 Å². The summed E-state index contributed by atoms with van der Waals surface area (Å²) >= 11 is 0. The number of hydrogen-bond donors (Lipinski definition) is 1. The fourth-order valence-corrected chi connectivity index (χ4v) is 3.52. The van der Waals surface area contributed by atoms with E-state index in [9.17, 15) is 8.78 Å². The van der Waals surface area contributed by atoms with Crippen LogP contribution in [0.25, 0.3) is 0 Å². The van der Waals surface area contributed by atoms with E-state index in [1.165, 1.54) is 23.3 Å². The van der Waals surface area contributed by atoms with Crippen molar-refractivity contribution in [2.45, 2.75) is 38.3 Å². The minimum Gasteiger partial charge on any atom is -0.327 e. The second-order valence-electron chi connectivity index (χ2n) is 6.73. The van der Waals surface area contributed by atoms with Crippen molar-refractivity contribution in [1.82, 2.24) is 4.90 Å². The fourth-order valence-electron chi connectivity index (χ4n) is 3.52. The summed E-state index contributed by atoms with van der Waals surface area (Å²) in [6.07, 6.45) is 1.99. The predicted molar refractivity (Wildman–Crippen MR) is 92.8 cm³/mol. The number of rotatable bonds is 4. The Morgan fingerprint density at radius 1 is 1.00 bits per heavy atom. The number of hydrogen-bond acceptors (Lipinski definition) is 2. The van der Waals surface area contributed by atoms with Crippen molar-refractivity contribution < 1.29 is 8.78 Å². The molecule has 3 rings (SSSR count). The summed E-state index contributed by atoms with van der Waals surface area (Å²) in [5, 5.41) is 0. The predicted octanol–water partition coefficient (Wildman–Crippen LogP) is 3.84. The van der Waals surface area contributed by atoms with E-state index in [1.807, 2.05) is 0 Å². The first-order valence-electron chi connectivity index (χ1n) is 8.56. The molecular formula is C20H24F2N2. The highest BCUT2D eigenvalue weighted by Crippen LogP contribution is 2.28. The maximum Gasteiger partial charge on any atom is 0.159 e. The second-order valence-corrected chi connectivity index (χ2v) is 6.73. The molecule has 2 atom stereocenters. The second kappa shape index (κ2) is 7.41. The van der Waals surface area contributed by atoms with Gasteiger partial charge in [-0.25, -0.2) is 8.78 Å². The molecule has 1 heterocycles. The minimum absolute atomic E-state index is 0.0971. The van der Waals surface area contributed by atoms with Gasteiger partial charge in [-0.2, -0.15) is 0 Å². The quantitative estimate of drug-likeness (QED) is 0.923. The van der Waals surface area contributed by atoms with Crippen LogP contribution in [0.15, 0.2) is 42.5 Å². The van der Waals surface area contributed by atoms with Crippen LogP contribution in [-0.4, -0.2) is 24.0 Å². The molecule has 0 spiro atoms. The molecule has 2 nitrogen and oxygen atoms in total. The molecule has 2 unspecified atom stereocenters. The molecule has 0 saturated carbocycles. The van der Waals surface area contributed by atoms with Gasteiger partial charge in [-0.1, -0.05) is 37.3 Å². The number of nitrogens with two attached hydrogens (primary N) is 1. The molecule has 2 aromatic carbocycles. The third-order valence-electron chi connectivity index (χ3n) is 4.81. The van der Waals surface area contributed by atoms with Crippen LogP contribution >= 0.6 is 0 Å². The molecule has 1 aliphatic rings. The van der Waals surface area contributed by atoms with Crippen molar-refractivity contribution >= 4 is 0 Å². The molecule has 1 saturated heterocycles. The molecule has 1 aliphatic heterocycles. The first-order valence-corrected chi connectivity index (χ1v) is 8.56. The van der Waals surface area contributed by atoms with Gasteiger partial charge in [0.2, 0.25) is 0 Å². The first-order chi connectivity index (χ1) is 11.5. The van der Waals surface area contributed by atoms with Crippen molar-refractivity contribution in [3.8, 4) is 0 Å². The molecule has 0 bridgehead atoms. The molecule has 0 amide bonds. The van der Waals surface area contributed by atoms with E-state index < -0.39 is 11.6 Å². The highest BCUT2D eigenvalue weighted by molar-refractivity contribution is 5.26. The van der Waals surface area contributed by atoms with E-state index in [2.05, 4.69) is 36.1 Å². The summed E-state index contributed by atoms with van der Waals surface area (Å²) in [6.45, 7) is 4.41. The molecule has 4 heteroatoms. The van der Waals surface area contributed by atoms with E-state index in [-0.39, 0.29) is 6.04 Å². The van der Waals surface area contributed by atoms with Crippen LogP contribution in [-0.2, 0) is 13.0 Å². The number of halogens is 2. The van der Waals surface area contributed by atoms with Gasteiger partial charge in [0.1, 0.15) is 0 Å². The summed E-state index contributed by atoms with van der Waals surface area (Å²) in [7, 11) is 0. The molecular weight excluding hydrogens is 306 g/mol. The van der Waals surface area contributed by atoms with E-state index in [4.69, 9.17) is 5.73 Å². The fraction of sp³-hybridized carbons (Fsp3) is 0.400. The lowest BCUT2D eigenvalue weighted by Crippen LogP contribution is -2.45. The summed E-state index contributed by atoms with van der Waals surface area (Å²) in [6, 6.07) is 12.9. The Labute approximate surface area is 142 Å². The molecule has 0 aromatic heterocycles. The van der Waals surface area contributed by atoms with Gasteiger partial charge in [-0.15, -0.1) is 0 Å². The highest BCUT2D eigenvalue weighted by atomic mass is 19.2. The summed E-state index contributed by atoms with van der Waals surface area (Å²) < 4.78 is 26.5. The maximum atomic E-state index is 13.4. The number of piperidine rings is 1. The van der Waals surface area contributed by atoms with Crippen molar-refractivity contribution in [2.75, 3.05) is 13.1 Å². The maximum absolute atomic E-state index is 13.4. The van der Waals surface area contributed by atoms with Gasteiger partial charge in [0.05, 0.1) is 0 Å². The Morgan fingerprint density at radius 2 is 1.71 bits per heavy atom. The highest BCUT2D eigenvalue weighted by Gasteiger charge is 2.26. The van der Waals surface area contributed by atoms with E-state index in [0.717, 1.165) is 31.5 Å². The topological polar surface area (TPSA) is 29.3 Å². The lowest BCUT2D eigenvalue weighted by molar-refractivity contribution is 0.181. The largest absolute Gasteiger partial charge is 0.327 e. The van der Waals surface area contributed by atoms with Gasteiger partial charge in [-0.05, 0) is 47.6 Å². The van der Waals surface area contributed by atoms with Crippen LogP contribution in [0, 0.1) is 11.6 Å². The Morgan fingerprint density at radius 3 is 2.38 bits per heavy atom. The minimum atomic E-state index is -0.803. The van der Waals surface area contributed by atoms with Crippen molar-refractivity contribution in [2.24, 2.45) is 5.73 Å². The van der Waals surface area contributed by atoms with Crippen LogP contribution in [0.5, 0.6) is 0 Å². The van der Waals surface area contributed by atoms with Gasteiger partial charge in [0.15, 0.2) is 11.6 Å². The number of nitrogens with zero attached hydrogens (tertiary/aromatic N) is 1. The third-order valence-corrected chi connectivity index (χ3v) is 4.81. The Kier molecular flexibility index (Phi) is 5.27. The average molecular weight is 330 g/mol. The number of benzene rings is 2. The van der Waals surface area contributed by atoms with Crippen molar-refractivity contribution in [3.05, 3.63) is 70.8 Å². The van der Waals surface area contributed by atoms with Crippen LogP contribution in [0.4, 0.5) is 8.78 Å². The zero-order valence-corrected chi connectivity index (χ0v) is 14.0. The smallest absolute Gasteiger partial charge is 0.159 e. The van der Waals surface area contributed by atoms with Crippen molar-refractivity contribution in [3.63, 3.8) is 0 Å². The standard InChI is InChI=1S/C20H24F2N2/c1-2-14-3-6-16(7-4-14)17-10-18(23)13-24(12-17)11-15-5-8-19(21)20(22)9-15/h3-9,17-18H,2,10-13,23H2,1H3. The van der Waals surface area contributed by atoms with Crippen LogP contribution in [0.3, 0.4) is 0 Å². The number of likely N-dealkylation sites (tertiary alicyclic amines) is 1. The molecule has 24 heavy (non-hydrogen) atoms. The SMILES string of the molecule is CCc1ccc(C2CC(N)CN(Cc3ccc(F)c(F)c3)C2)cc1.